The molecule has 0 aliphatic carbocycles. The Balaban J connectivity index is 2.54. The van der Waals surface area contributed by atoms with Crippen LogP contribution in [0.15, 0.2) is 21.3 Å². The Morgan fingerprint density at radius 2 is 1.36 bits per heavy atom. The number of hydrogen-bond donors (Lipinski definition) is 5. The van der Waals surface area contributed by atoms with E-state index in [4.69, 9.17) is 18.6 Å². The summed E-state index contributed by atoms with van der Waals surface area (Å²) in [5.41, 5.74) is -1.49. The normalized spacial score (nSPS) is 10.8. The first-order valence-electron chi connectivity index (χ1n) is 7.73. The molecule has 0 bridgehead atoms. The van der Waals surface area contributed by atoms with E-state index in [-0.39, 0.29) is 28.2 Å². The number of rotatable bonds is 4. The Kier molecular flexibility index (Phi) is 4.47. The molecule has 3 rings (SSSR count). The zero-order valence-electron chi connectivity index (χ0n) is 14.9. The first kappa shape index (κ1) is 18.8. The summed E-state index contributed by atoms with van der Waals surface area (Å²) in [5, 5.41) is 49.6. The molecular weight excluding hydrogens is 376 g/mol. The lowest BCUT2D eigenvalue weighted by Gasteiger charge is -2.16. The molecule has 0 saturated heterocycles. The lowest BCUT2D eigenvalue weighted by molar-refractivity contribution is 0.321. The molecule has 0 saturated carbocycles. The van der Waals surface area contributed by atoms with Crippen LogP contribution in [0.25, 0.3) is 22.3 Å². The molecule has 3 aromatic rings. The van der Waals surface area contributed by atoms with Gasteiger partial charge in [0.1, 0.15) is 5.39 Å². The maximum Gasteiger partial charge on any atom is 0.239 e. The summed E-state index contributed by atoms with van der Waals surface area (Å²) in [4.78, 5) is 13.0. The van der Waals surface area contributed by atoms with Gasteiger partial charge >= 0.3 is 0 Å². The summed E-state index contributed by atoms with van der Waals surface area (Å²) < 4.78 is 20.8. The SMILES string of the molecule is COc1c(O)c(O)c2oc(-c3ccc(O)c(O)c3O)c(OC)c(=O)c2c1OC. The van der Waals surface area contributed by atoms with Crippen LogP contribution >= 0.6 is 0 Å². The number of methoxy groups -OCH3 is 3. The lowest BCUT2D eigenvalue weighted by Crippen LogP contribution is -2.10. The van der Waals surface area contributed by atoms with Crippen molar-refractivity contribution in [2.75, 3.05) is 21.3 Å². The third-order valence-electron chi connectivity index (χ3n) is 4.15. The maximum atomic E-state index is 13.0. The van der Waals surface area contributed by atoms with Crippen LogP contribution in [0.4, 0.5) is 0 Å². The predicted octanol–water partition coefficient (Wildman–Crippen LogP) is 2.01. The molecule has 0 amide bonds. The van der Waals surface area contributed by atoms with E-state index in [0.29, 0.717) is 0 Å². The fourth-order valence-electron chi connectivity index (χ4n) is 2.83. The van der Waals surface area contributed by atoms with Crippen LogP contribution in [0.5, 0.6) is 46.0 Å². The highest BCUT2D eigenvalue weighted by Gasteiger charge is 2.29. The molecule has 10 heteroatoms. The van der Waals surface area contributed by atoms with Gasteiger partial charge in [0.05, 0.1) is 26.9 Å². The number of fused-ring (bicyclic) bond motifs is 1. The fraction of sp³-hybridized carbons (Fsp3) is 0.167. The number of ether oxygens (including phenoxy) is 3. The molecule has 0 aliphatic heterocycles. The second-order valence-corrected chi connectivity index (χ2v) is 5.59. The molecule has 2 aromatic carbocycles. The summed E-state index contributed by atoms with van der Waals surface area (Å²) in [6.45, 7) is 0. The molecule has 28 heavy (non-hydrogen) atoms. The Labute approximate surface area is 157 Å². The molecule has 0 aliphatic rings. The zero-order valence-corrected chi connectivity index (χ0v) is 14.9. The van der Waals surface area contributed by atoms with E-state index in [1.165, 1.54) is 21.3 Å². The van der Waals surface area contributed by atoms with E-state index >= 15 is 0 Å². The highest BCUT2D eigenvalue weighted by molar-refractivity contribution is 5.96. The van der Waals surface area contributed by atoms with Crippen molar-refractivity contribution in [3.8, 4) is 57.3 Å². The van der Waals surface area contributed by atoms with Gasteiger partial charge in [-0.2, -0.15) is 0 Å². The fourth-order valence-corrected chi connectivity index (χ4v) is 2.83. The van der Waals surface area contributed by atoms with Gasteiger partial charge in [-0.3, -0.25) is 4.79 Å². The van der Waals surface area contributed by atoms with Crippen molar-refractivity contribution in [3.63, 3.8) is 0 Å². The number of hydrogen-bond acceptors (Lipinski definition) is 10. The topological polar surface area (TPSA) is 159 Å². The average molecular weight is 392 g/mol. The minimum atomic E-state index is -0.846. The molecule has 1 aromatic heterocycles. The van der Waals surface area contributed by atoms with Crippen LogP contribution in [0.3, 0.4) is 0 Å². The van der Waals surface area contributed by atoms with Crippen molar-refractivity contribution in [2.45, 2.75) is 0 Å². The third-order valence-corrected chi connectivity index (χ3v) is 4.15. The van der Waals surface area contributed by atoms with Crippen LogP contribution < -0.4 is 19.6 Å². The van der Waals surface area contributed by atoms with E-state index in [1.54, 1.807) is 0 Å². The second-order valence-electron chi connectivity index (χ2n) is 5.59. The highest BCUT2D eigenvalue weighted by Crippen LogP contribution is 2.51. The molecule has 10 nitrogen and oxygen atoms in total. The molecule has 0 spiro atoms. The van der Waals surface area contributed by atoms with Crippen molar-refractivity contribution in [2.24, 2.45) is 0 Å². The van der Waals surface area contributed by atoms with Crippen LogP contribution in [-0.2, 0) is 0 Å². The molecule has 148 valence electrons. The van der Waals surface area contributed by atoms with Crippen LogP contribution in [-0.4, -0.2) is 46.9 Å². The van der Waals surface area contributed by atoms with Gasteiger partial charge in [0.2, 0.25) is 34.2 Å². The first-order valence-corrected chi connectivity index (χ1v) is 7.73. The number of phenolic OH excluding ortho intramolecular Hbond substituents is 5. The van der Waals surface area contributed by atoms with Crippen molar-refractivity contribution in [3.05, 3.63) is 22.4 Å². The van der Waals surface area contributed by atoms with Crippen molar-refractivity contribution >= 4 is 11.0 Å². The summed E-state index contributed by atoms with van der Waals surface area (Å²) in [5.74, 6) is -5.03. The minimum Gasteiger partial charge on any atom is -0.504 e. The maximum absolute atomic E-state index is 13.0. The number of phenols is 5. The van der Waals surface area contributed by atoms with Crippen molar-refractivity contribution in [1.29, 1.82) is 0 Å². The summed E-state index contributed by atoms with van der Waals surface area (Å²) in [6, 6.07) is 2.22. The molecular formula is C18H16O10. The molecule has 0 atom stereocenters. The summed E-state index contributed by atoms with van der Waals surface area (Å²) in [7, 11) is 3.59. The van der Waals surface area contributed by atoms with Crippen LogP contribution in [0, 0.1) is 0 Å². The monoisotopic (exact) mass is 392 g/mol. The van der Waals surface area contributed by atoms with E-state index in [9.17, 15) is 30.3 Å². The summed E-state index contributed by atoms with van der Waals surface area (Å²) >= 11 is 0. The van der Waals surface area contributed by atoms with Gasteiger partial charge < -0.3 is 44.2 Å². The van der Waals surface area contributed by atoms with E-state index < -0.39 is 45.5 Å². The van der Waals surface area contributed by atoms with Gasteiger partial charge in [0, 0.05) is 0 Å². The van der Waals surface area contributed by atoms with Crippen molar-refractivity contribution in [1.82, 2.24) is 0 Å². The van der Waals surface area contributed by atoms with E-state index in [1.807, 2.05) is 0 Å². The smallest absolute Gasteiger partial charge is 0.239 e. The Bertz CT molecular complexity index is 1150. The molecule has 0 radical (unpaired) electrons. The Morgan fingerprint density at radius 1 is 0.750 bits per heavy atom. The van der Waals surface area contributed by atoms with Gasteiger partial charge in [0.25, 0.3) is 0 Å². The van der Waals surface area contributed by atoms with Crippen molar-refractivity contribution < 1.29 is 44.2 Å². The molecule has 1 heterocycles. The van der Waals surface area contributed by atoms with Crippen LogP contribution in [0.1, 0.15) is 0 Å². The quantitative estimate of drug-likeness (QED) is 0.416. The first-order chi connectivity index (χ1) is 13.3. The average Bonchev–Trinajstić information content (AvgIpc) is 2.68. The van der Waals surface area contributed by atoms with Gasteiger partial charge in [-0.25, -0.2) is 0 Å². The predicted molar refractivity (Wildman–Crippen MR) is 95.9 cm³/mol. The molecule has 0 fully saturated rings. The van der Waals surface area contributed by atoms with Gasteiger partial charge in [-0.1, -0.05) is 0 Å². The largest absolute Gasteiger partial charge is 0.504 e. The number of benzene rings is 2. The molecule has 5 N–H and O–H groups in total. The third kappa shape index (κ3) is 2.46. The minimum absolute atomic E-state index is 0.204. The van der Waals surface area contributed by atoms with Gasteiger partial charge in [-0.15, -0.1) is 0 Å². The van der Waals surface area contributed by atoms with Gasteiger partial charge in [-0.05, 0) is 12.1 Å². The summed E-state index contributed by atoms with van der Waals surface area (Å²) in [6.07, 6.45) is 0. The second kappa shape index (κ2) is 6.65. The Hall–Kier alpha value is -3.95. The lowest BCUT2D eigenvalue weighted by atomic mass is 10.1. The van der Waals surface area contributed by atoms with Gasteiger partial charge in [0.15, 0.2) is 28.6 Å². The number of aromatic hydroxyl groups is 5. The Morgan fingerprint density at radius 3 is 1.93 bits per heavy atom. The van der Waals surface area contributed by atoms with Crippen LogP contribution in [0.2, 0.25) is 0 Å². The standard InChI is InChI=1S/C18H16O10/c1-25-16-8-11(22)17(26-2)14(6-4-5-7(19)10(21)9(6)20)28-15(8)12(23)13(24)18(16)27-3/h4-5,19-21,23-24H,1-3H3. The zero-order chi connectivity index (χ0) is 20.7. The van der Waals surface area contributed by atoms with E-state index in [0.717, 1.165) is 12.1 Å². The van der Waals surface area contributed by atoms with E-state index in [2.05, 4.69) is 0 Å². The molecule has 0 unspecified atom stereocenters. The highest BCUT2D eigenvalue weighted by atomic mass is 16.5.